The lowest BCUT2D eigenvalue weighted by molar-refractivity contribution is -0.385. The highest BCUT2D eigenvalue weighted by Crippen LogP contribution is 2.32. The number of rotatable bonds is 3. The van der Waals surface area contributed by atoms with Gasteiger partial charge >= 0.3 is 5.69 Å². The maximum atomic E-state index is 11.3. The fourth-order valence-corrected chi connectivity index (χ4v) is 3.12. The number of allylic oxidation sites excluding steroid dienone is 1. The molecule has 0 spiro atoms. The first-order valence-corrected chi connectivity index (χ1v) is 7.47. The standard InChI is InChI=1S/C12H13NO5S/c1-18-12-8-10(2-3-11(12)13(14)15)9-4-6-19(16,17)7-5-9/h2-4,8H,5-7H2,1H3. The van der Waals surface area contributed by atoms with Crippen molar-refractivity contribution >= 4 is 21.1 Å². The lowest BCUT2D eigenvalue weighted by Crippen LogP contribution is -2.15. The van der Waals surface area contributed by atoms with Crippen molar-refractivity contribution < 1.29 is 18.1 Å². The van der Waals surface area contributed by atoms with Crippen molar-refractivity contribution in [2.45, 2.75) is 6.42 Å². The van der Waals surface area contributed by atoms with Crippen LogP contribution in [0.2, 0.25) is 0 Å². The smallest absolute Gasteiger partial charge is 0.310 e. The molecule has 102 valence electrons. The normalized spacial score (nSPS) is 17.6. The minimum Gasteiger partial charge on any atom is -0.490 e. The molecule has 0 bridgehead atoms. The number of ether oxygens (including phenoxy) is 1. The first kappa shape index (κ1) is 13.5. The summed E-state index contributed by atoms with van der Waals surface area (Å²) in [4.78, 5) is 10.3. The lowest BCUT2D eigenvalue weighted by Gasteiger charge is -2.14. The predicted molar refractivity (Wildman–Crippen MR) is 70.9 cm³/mol. The van der Waals surface area contributed by atoms with Gasteiger partial charge in [-0.1, -0.05) is 6.08 Å². The minimum absolute atomic E-state index is 0.0155. The van der Waals surface area contributed by atoms with E-state index in [2.05, 4.69) is 0 Å². The Bertz CT molecular complexity index is 648. The first-order chi connectivity index (χ1) is 8.93. The van der Waals surface area contributed by atoms with Crippen LogP contribution in [0.5, 0.6) is 5.75 Å². The van der Waals surface area contributed by atoms with E-state index in [1.165, 1.54) is 13.2 Å². The molecule has 0 saturated carbocycles. The molecule has 0 fully saturated rings. The molecule has 0 aromatic heterocycles. The number of nitro benzene ring substituents is 1. The summed E-state index contributed by atoms with van der Waals surface area (Å²) in [7, 11) is -1.61. The summed E-state index contributed by atoms with van der Waals surface area (Å²) in [6.07, 6.45) is 2.07. The summed E-state index contributed by atoms with van der Waals surface area (Å²) in [5.74, 6) is 0.302. The molecule has 1 aliphatic rings. The number of hydrogen-bond acceptors (Lipinski definition) is 5. The van der Waals surface area contributed by atoms with Crippen LogP contribution in [0.1, 0.15) is 12.0 Å². The molecule has 2 rings (SSSR count). The van der Waals surface area contributed by atoms with E-state index in [0.29, 0.717) is 6.42 Å². The maximum absolute atomic E-state index is 11.3. The Hall–Kier alpha value is -1.89. The second-order valence-electron chi connectivity index (χ2n) is 4.24. The number of benzene rings is 1. The summed E-state index contributed by atoms with van der Waals surface area (Å²) in [5, 5.41) is 10.8. The summed E-state index contributed by atoms with van der Waals surface area (Å²) in [6, 6.07) is 4.56. The Morgan fingerprint density at radius 1 is 1.37 bits per heavy atom. The fraction of sp³-hybridized carbons (Fsp3) is 0.333. The van der Waals surface area contributed by atoms with Crippen LogP contribution in [0.4, 0.5) is 5.69 Å². The van der Waals surface area contributed by atoms with Crippen LogP contribution in [0.25, 0.3) is 5.57 Å². The Kier molecular flexibility index (Phi) is 3.57. The molecule has 1 aliphatic heterocycles. The van der Waals surface area contributed by atoms with Crippen LogP contribution in [0, 0.1) is 10.1 Å². The van der Waals surface area contributed by atoms with Crippen LogP contribution in [0.15, 0.2) is 24.3 Å². The highest BCUT2D eigenvalue weighted by molar-refractivity contribution is 7.91. The number of hydrogen-bond donors (Lipinski definition) is 0. The highest BCUT2D eigenvalue weighted by Gasteiger charge is 2.20. The third-order valence-corrected chi connectivity index (χ3v) is 4.51. The van der Waals surface area contributed by atoms with Crippen molar-refractivity contribution in [1.82, 2.24) is 0 Å². The molecule has 0 saturated heterocycles. The number of methoxy groups -OCH3 is 1. The molecule has 6 nitrogen and oxygen atoms in total. The van der Waals surface area contributed by atoms with Gasteiger partial charge in [0.15, 0.2) is 15.6 Å². The molecular formula is C12H13NO5S. The average molecular weight is 283 g/mol. The van der Waals surface area contributed by atoms with Gasteiger partial charge in [-0.2, -0.15) is 0 Å². The Morgan fingerprint density at radius 3 is 2.63 bits per heavy atom. The zero-order chi connectivity index (χ0) is 14.0. The van der Waals surface area contributed by atoms with E-state index < -0.39 is 14.8 Å². The molecular weight excluding hydrogens is 270 g/mol. The van der Waals surface area contributed by atoms with Gasteiger partial charge in [-0.05, 0) is 29.7 Å². The Labute approximate surface area is 110 Å². The van der Waals surface area contributed by atoms with E-state index in [1.807, 2.05) is 0 Å². The van der Waals surface area contributed by atoms with E-state index in [9.17, 15) is 18.5 Å². The van der Waals surface area contributed by atoms with E-state index in [4.69, 9.17) is 4.74 Å². The molecule has 0 amide bonds. The largest absolute Gasteiger partial charge is 0.490 e. The van der Waals surface area contributed by atoms with Crippen LogP contribution in [-0.4, -0.2) is 32.0 Å². The Morgan fingerprint density at radius 2 is 2.11 bits per heavy atom. The van der Waals surface area contributed by atoms with Crippen molar-refractivity contribution in [3.63, 3.8) is 0 Å². The maximum Gasteiger partial charge on any atom is 0.310 e. The van der Waals surface area contributed by atoms with E-state index >= 15 is 0 Å². The summed E-state index contributed by atoms with van der Waals surface area (Å²) in [6.45, 7) is 0. The molecule has 1 aromatic carbocycles. The van der Waals surface area contributed by atoms with Crippen LogP contribution in [0.3, 0.4) is 0 Å². The SMILES string of the molecule is COc1cc(C2=CCS(=O)(=O)CC2)ccc1[N+](=O)[O-]. The van der Waals surface area contributed by atoms with Gasteiger partial charge in [-0.15, -0.1) is 0 Å². The monoisotopic (exact) mass is 283 g/mol. The fourth-order valence-electron chi connectivity index (χ4n) is 1.97. The zero-order valence-electron chi connectivity index (χ0n) is 10.3. The third kappa shape index (κ3) is 2.93. The number of nitrogens with zero attached hydrogens (tertiary/aromatic N) is 1. The van der Waals surface area contributed by atoms with Crippen LogP contribution < -0.4 is 4.74 Å². The van der Waals surface area contributed by atoms with Gasteiger partial charge in [0, 0.05) is 6.07 Å². The van der Waals surface area contributed by atoms with E-state index in [-0.39, 0.29) is 22.9 Å². The quantitative estimate of drug-likeness (QED) is 0.623. The van der Waals surface area contributed by atoms with Gasteiger partial charge in [-0.3, -0.25) is 10.1 Å². The molecule has 1 aromatic rings. The second kappa shape index (κ2) is 5.00. The molecule has 1 heterocycles. The molecule has 0 radical (unpaired) electrons. The topological polar surface area (TPSA) is 86.5 Å². The van der Waals surface area contributed by atoms with Crippen LogP contribution in [-0.2, 0) is 9.84 Å². The van der Waals surface area contributed by atoms with Gasteiger partial charge < -0.3 is 4.74 Å². The van der Waals surface area contributed by atoms with Crippen molar-refractivity contribution in [2.75, 3.05) is 18.6 Å². The predicted octanol–water partition coefficient (Wildman–Crippen LogP) is 1.81. The van der Waals surface area contributed by atoms with Gasteiger partial charge in [-0.25, -0.2) is 8.42 Å². The summed E-state index contributed by atoms with van der Waals surface area (Å²) < 4.78 is 27.7. The number of nitro groups is 1. The van der Waals surface area contributed by atoms with Crippen molar-refractivity contribution in [2.24, 2.45) is 0 Å². The van der Waals surface area contributed by atoms with Crippen LogP contribution >= 0.6 is 0 Å². The summed E-state index contributed by atoms with van der Waals surface area (Å²) >= 11 is 0. The van der Waals surface area contributed by atoms with Gasteiger partial charge in [0.05, 0.1) is 23.5 Å². The Balaban J connectivity index is 2.37. The molecule has 0 N–H and O–H groups in total. The second-order valence-corrected chi connectivity index (χ2v) is 6.47. The van der Waals surface area contributed by atoms with E-state index in [1.54, 1.807) is 18.2 Å². The van der Waals surface area contributed by atoms with Crippen molar-refractivity contribution in [1.29, 1.82) is 0 Å². The highest BCUT2D eigenvalue weighted by atomic mass is 32.2. The van der Waals surface area contributed by atoms with Gasteiger partial charge in [0.25, 0.3) is 0 Å². The first-order valence-electron chi connectivity index (χ1n) is 5.65. The number of sulfone groups is 1. The van der Waals surface area contributed by atoms with E-state index in [0.717, 1.165) is 11.1 Å². The summed E-state index contributed by atoms with van der Waals surface area (Å²) in [5.41, 5.74) is 1.54. The van der Waals surface area contributed by atoms with Gasteiger partial charge in [0.1, 0.15) is 0 Å². The third-order valence-electron chi connectivity index (χ3n) is 3.01. The molecule has 19 heavy (non-hydrogen) atoms. The average Bonchev–Trinajstić information content (AvgIpc) is 2.37. The van der Waals surface area contributed by atoms with Crippen molar-refractivity contribution in [3.8, 4) is 5.75 Å². The molecule has 0 unspecified atom stereocenters. The minimum atomic E-state index is -2.98. The lowest BCUT2D eigenvalue weighted by atomic mass is 10.0. The van der Waals surface area contributed by atoms with Gasteiger partial charge in [0.2, 0.25) is 0 Å². The molecule has 0 aliphatic carbocycles. The zero-order valence-corrected chi connectivity index (χ0v) is 11.1. The van der Waals surface area contributed by atoms with Crippen molar-refractivity contribution in [3.05, 3.63) is 40.0 Å². The molecule has 7 heteroatoms. The molecule has 0 atom stereocenters.